The van der Waals surface area contributed by atoms with Gasteiger partial charge in [-0.05, 0) is 64.6 Å². The van der Waals surface area contributed by atoms with Crippen LogP contribution in [0.5, 0.6) is 0 Å². The van der Waals surface area contributed by atoms with E-state index >= 15 is 0 Å². The average Bonchev–Trinajstić information content (AvgIpc) is 3.15. The number of nitrogens with one attached hydrogen (secondary N) is 1. The maximum Gasteiger partial charge on any atom is 0.326 e. The maximum absolute atomic E-state index is 12.4. The molecule has 0 aromatic carbocycles. The van der Waals surface area contributed by atoms with Crippen LogP contribution in [0.3, 0.4) is 0 Å². The lowest BCUT2D eigenvalue weighted by Crippen LogP contribution is -2.56. The second-order valence-electron chi connectivity index (χ2n) is 6.56. The van der Waals surface area contributed by atoms with Crippen molar-refractivity contribution in [2.75, 3.05) is 27.2 Å². The van der Waals surface area contributed by atoms with Crippen molar-refractivity contribution in [3.05, 3.63) is 0 Å². The van der Waals surface area contributed by atoms with Crippen LogP contribution in [-0.4, -0.2) is 49.7 Å². The van der Waals surface area contributed by atoms with E-state index in [-0.39, 0.29) is 5.97 Å². The van der Waals surface area contributed by atoms with Gasteiger partial charge in [0.05, 0.1) is 7.11 Å². The zero-order chi connectivity index (χ0) is 14.6. The summed E-state index contributed by atoms with van der Waals surface area (Å²) in [6, 6.07) is 0.545. The number of esters is 1. The molecule has 2 aliphatic rings. The minimum atomic E-state index is -0.400. The van der Waals surface area contributed by atoms with Crippen LogP contribution in [0, 0.1) is 5.92 Å². The van der Waals surface area contributed by atoms with Gasteiger partial charge in [-0.25, -0.2) is 0 Å². The SMILES string of the molecule is CCCN(C)CCC1CCCC1(NC1CC1)C(=O)OC. The fourth-order valence-corrected chi connectivity index (χ4v) is 3.63. The summed E-state index contributed by atoms with van der Waals surface area (Å²) in [5.74, 6) is 0.389. The molecule has 2 unspecified atom stereocenters. The van der Waals surface area contributed by atoms with Crippen molar-refractivity contribution < 1.29 is 9.53 Å². The van der Waals surface area contributed by atoms with Crippen molar-refractivity contribution in [1.82, 2.24) is 10.2 Å². The molecular weight excluding hydrogens is 252 g/mol. The number of nitrogens with zero attached hydrogens (tertiary/aromatic N) is 1. The molecule has 0 aliphatic heterocycles. The third kappa shape index (κ3) is 3.53. The molecule has 0 saturated heterocycles. The summed E-state index contributed by atoms with van der Waals surface area (Å²) >= 11 is 0. The van der Waals surface area contributed by atoms with E-state index in [4.69, 9.17) is 4.74 Å². The number of ether oxygens (including phenoxy) is 1. The van der Waals surface area contributed by atoms with Crippen LogP contribution >= 0.6 is 0 Å². The van der Waals surface area contributed by atoms with Gasteiger partial charge in [0.1, 0.15) is 5.54 Å². The normalized spacial score (nSPS) is 29.9. The van der Waals surface area contributed by atoms with Crippen molar-refractivity contribution in [2.45, 2.75) is 63.5 Å². The van der Waals surface area contributed by atoms with E-state index in [1.165, 1.54) is 26.4 Å². The van der Waals surface area contributed by atoms with E-state index in [2.05, 4.69) is 24.2 Å². The highest BCUT2D eigenvalue weighted by Gasteiger charge is 2.51. The third-order valence-corrected chi connectivity index (χ3v) is 4.87. The molecule has 0 aromatic heterocycles. The van der Waals surface area contributed by atoms with Crippen LogP contribution in [0.4, 0.5) is 0 Å². The minimum absolute atomic E-state index is 0.0370. The van der Waals surface area contributed by atoms with Crippen LogP contribution in [0.2, 0.25) is 0 Å². The monoisotopic (exact) mass is 282 g/mol. The van der Waals surface area contributed by atoms with Crippen LogP contribution in [0.25, 0.3) is 0 Å². The average molecular weight is 282 g/mol. The zero-order valence-corrected chi connectivity index (χ0v) is 13.3. The summed E-state index contributed by atoms with van der Waals surface area (Å²) in [6.07, 6.45) is 7.92. The summed E-state index contributed by atoms with van der Waals surface area (Å²) < 4.78 is 5.14. The Labute approximate surface area is 123 Å². The van der Waals surface area contributed by atoms with Gasteiger partial charge in [0, 0.05) is 6.04 Å². The molecule has 20 heavy (non-hydrogen) atoms. The summed E-state index contributed by atoms with van der Waals surface area (Å²) in [5, 5.41) is 3.63. The number of carbonyl (C=O) groups excluding carboxylic acids is 1. The third-order valence-electron chi connectivity index (χ3n) is 4.87. The number of carbonyl (C=O) groups is 1. The van der Waals surface area contributed by atoms with Crippen LogP contribution in [0.1, 0.15) is 51.9 Å². The first-order chi connectivity index (χ1) is 9.62. The molecule has 2 fully saturated rings. The molecule has 4 nitrogen and oxygen atoms in total. The van der Waals surface area contributed by atoms with Gasteiger partial charge in [-0.2, -0.15) is 0 Å². The Morgan fingerprint density at radius 2 is 2.10 bits per heavy atom. The Balaban J connectivity index is 1.98. The summed E-state index contributed by atoms with van der Waals surface area (Å²) in [7, 11) is 3.70. The van der Waals surface area contributed by atoms with Crippen LogP contribution in [-0.2, 0) is 9.53 Å². The molecule has 0 aromatic rings. The van der Waals surface area contributed by atoms with Gasteiger partial charge in [-0.15, -0.1) is 0 Å². The molecule has 2 atom stereocenters. The summed E-state index contributed by atoms with van der Waals surface area (Å²) in [6.45, 7) is 4.41. The largest absolute Gasteiger partial charge is 0.468 e. The number of hydrogen-bond acceptors (Lipinski definition) is 4. The van der Waals surface area contributed by atoms with Crippen molar-refractivity contribution in [1.29, 1.82) is 0 Å². The van der Waals surface area contributed by atoms with E-state index < -0.39 is 5.54 Å². The van der Waals surface area contributed by atoms with Crippen molar-refractivity contribution >= 4 is 5.97 Å². The topological polar surface area (TPSA) is 41.6 Å². The minimum Gasteiger partial charge on any atom is -0.468 e. The fourth-order valence-electron chi connectivity index (χ4n) is 3.63. The molecule has 4 heteroatoms. The predicted octanol–water partition coefficient (Wildman–Crippen LogP) is 2.18. The van der Waals surface area contributed by atoms with E-state index in [1.54, 1.807) is 0 Å². The van der Waals surface area contributed by atoms with E-state index in [0.29, 0.717) is 12.0 Å². The summed E-state index contributed by atoms with van der Waals surface area (Å²) in [4.78, 5) is 14.8. The summed E-state index contributed by atoms with van der Waals surface area (Å²) in [5.41, 5.74) is -0.400. The molecular formula is C16H30N2O2. The molecule has 2 saturated carbocycles. The number of rotatable bonds is 8. The molecule has 0 bridgehead atoms. The number of hydrogen-bond donors (Lipinski definition) is 1. The lowest BCUT2D eigenvalue weighted by atomic mass is 9.84. The van der Waals surface area contributed by atoms with E-state index in [0.717, 1.165) is 38.8 Å². The molecule has 0 amide bonds. The second-order valence-corrected chi connectivity index (χ2v) is 6.56. The van der Waals surface area contributed by atoms with Gasteiger partial charge in [0.25, 0.3) is 0 Å². The first kappa shape index (κ1) is 15.8. The van der Waals surface area contributed by atoms with Gasteiger partial charge in [-0.3, -0.25) is 10.1 Å². The lowest BCUT2D eigenvalue weighted by molar-refractivity contribution is -0.150. The van der Waals surface area contributed by atoms with Crippen LogP contribution < -0.4 is 5.32 Å². The molecule has 0 spiro atoms. The van der Waals surface area contributed by atoms with Gasteiger partial charge in [-0.1, -0.05) is 13.3 Å². The van der Waals surface area contributed by atoms with E-state index in [9.17, 15) is 4.79 Å². The highest BCUT2D eigenvalue weighted by molar-refractivity contribution is 5.81. The molecule has 116 valence electrons. The fraction of sp³-hybridized carbons (Fsp3) is 0.938. The Bertz CT molecular complexity index is 330. The van der Waals surface area contributed by atoms with E-state index in [1.807, 2.05) is 0 Å². The van der Waals surface area contributed by atoms with Crippen molar-refractivity contribution in [3.63, 3.8) is 0 Å². The second kappa shape index (κ2) is 6.90. The molecule has 1 N–H and O–H groups in total. The van der Waals surface area contributed by atoms with Gasteiger partial charge in [0.15, 0.2) is 0 Å². The molecule has 0 radical (unpaired) electrons. The highest BCUT2D eigenvalue weighted by atomic mass is 16.5. The zero-order valence-electron chi connectivity index (χ0n) is 13.3. The Kier molecular flexibility index (Phi) is 5.44. The smallest absolute Gasteiger partial charge is 0.326 e. The molecule has 2 rings (SSSR count). The first-order valence-corrected chi connectivity index (χ1v) is 8.17. The van der Waals surface area contributed by atoms with Gasteiger partial charge < -0.3 is 9.64 Å². The lowest BCUT2D eigenvalue weighted by Gasteiger charge is -2.35. The first-order valence-electron chi connectivity index (χ1n) is 8.17. The van der Waals surface area contributed by atoms with Crippen LogP contribution in [0.15, 0.2) is 0 Å². The predicted molar refractivity (Wildman–Crippen MR) is 80.7 cm³/mol. The van der Waals surface area contributed by atoms with Gasteiger partial charge >= 0.3 is 5.97 Å². The maximum atomic E-state index is 12.4. The Morgan fingerprint density at radius 3 is 2.70 bits per heavy atom. The molecule has 2 aliphatic carbocycles. The number of methoxy groups -OCH3 is 1. The Hall–Kier alpha value is -0.610. The van der Waals surface area contributed by atoms with Crippen molar-refractivity contribution in [3.8, 4) is 0 Å². The molecule has 0 heterocycles. The Morgan fingerprint density at radius 1 is 1.35 bits per heavy atom. The quantitative estimate of drug-likeness (QED) is 0.693. The standard InChI is InChI=1S/C16H30N2O2/c1-4-11-18(2)12-9-13-6-5-10-16(13,15(19)20-3)17-14-7-8-14/h13-14,17H,4-12H2,1-3H3. The van der Waals surface area contributed by atoms with Gasteiger partial charge in [0.2, 0.25) is 0 Å². The van der Waals surface area contributed by atoms with Crippen molar-refractivity contribution in [2.24, 2.45) is 5.92 Å². The highest BCUT2D eigenvalue weighted by Crippen LogP contribution is 2.41.